The molecule has 200 valence electrons. The van der Waals surface area contributed by atoms with E-state index in [1.165, 1.54) is 13.8 Å². The lowest BCUT2D eigenvalue weighted by Gasteiger charge is -2.20. The van der Waals surface area contributed by atoms with Crippen LogP contribution in [-0.2, 0) is 6.18 Å². The van der Waals surface area contributed by atoms with E-state index >= 15 is 0 Å². The number of pyridine rings is 1. The van der Waals surface area contributed by atoms with Crippen molar-refractivity contribution in [1.29, 1.82) is 0 Å². The molecule has 1 saturated heterocycles. The molecule has 1 aliphatic heterocycles. The van der Waals surface area contributed by atoms with Crippen LogP contribution in [0.15, 0.2) is 35.3 Å². The van der Waals surface area contributed by atoms with Gasteiger partial charge in [0, 0.05) is 42.9 Å². The highest BCUT2D eigenvalue weighted by Gasteiger charge is 2.67. The first kappa shape index (κ1) is 25.6. The minimum Gasteiger partial charge on any atom is -0.381 e. The molecule has 2 heterocycles. The average Bonchev–Trinajstić information content (AvgIpc) is 3.47. The van der Waals surface area contributed by atoms with Gasteiger partial charge in [0.1, 0.15) is 11.9 Å². The van der Waals surface area contributed by atoms with Crippen LogP contribution < -0.4 is 16.2 Å². The number of fused-ring (bicyclic) bond motifs is 1. The summed E-state index contributed by atoms with van der Waals surface area (Å²) >= 11 is 0. The van der Waals surface area contributed by atoms with E-state index in [2.05, 4.69) is 15.5 Å². The number of amides is 1. The number of halogens is 6. The van der Waals surface area contributed by atoms with Crippen molar-refractivity contribution < 1.29 is 31.1 Å². The average molecular weight is 528 g/mol. The van der Waals surface area contributed by atoms with Gasteiger partial charge in [-0.1, -0.05) is 19.1 Å². The predicted molar refractivity (Wildman–Crippen MR) is 123 cm³/mol. The van der Waals surface area contributed by atoms with Gasteiger partial charge in [-0.15, -0.1) is 0 Å². The molecule has 1 aromatic heterocycles. The Hall–Kier alpha value is -3.02. The second-order valence-corrected chi connectivity index (χ2v) is 10.4. The fraction of sp³-hybridized carbons (Fsp3) is 0.520. The van der Waals surface area contributed by atoms with E-state index < -0.39 is 52.9 Å². The molecule has 0 bridgehead atoms. The summed E-state index contributed by atoms with van der Waals surface area (Å²) < 4.78 is 83.1. The molecule has 2 aromatic rings. The fourth-order valence-corrected chi connectivity index (χ4v) is 5.54. The molecule has 37 heavy (non-hydrogen) atoms. The summed E-state index contributed by atoms with van der Waals surface area (Å²) in [5, 5.41) is 5.65. The molecule has 6 atom stereocenters. The van der Waals surface area contributed by atoms with Gasteiger partial charge in [-0.2, -0.15) is 13.2 Å². The van der Waals surface area contributed by atoms with E-state index in [1.807, 2.05) is 7.05 Å². The predicted octanol–water partition coefficient (Wildman–Crippen LogP) is 4.30. The second kappa shape index (κ2) is 8.50. The third kappa shape index (κ3) is 4.38. The number of carbonyl (C=O) groups excluding carboxylic acids is 1. The van der Waals surface area contributed by atoms with Crippen molar-refractivity contribution in [2.24, 2.45) is 17.8 Å². The monoisotopic (exact) mass is 528 g/mol. The van der Waals surface area contributed by atoms with Crippen LogP contribution in [0.4, 0.5) is 32.0 Å². The zero-order chi connectivity index (χ0) is 27.0. The molecule has 2 aliphatic carbocycles. The maximum atomic E-state index is 14.6. The van der Waals surface area contributed by atoms with Crippen molar-refractivity contribution in [3.63, 3.8) is 0 Å². The molecule has 1 unspecified atom stereocenters. The number of alkyl halides is 5. The highest BCUT2D eigenvalue weighted by molar-refractivity contribution is 5.99. The molecule has 3 aliphatic rings. The lowest BCUT2D eigenvalue weighted by Crippen LogP contribution is -2.32. The van der Waals surface area contributed by atoms with Gasteiger partial charge in [-0.05, 0) is 31.9 Å². The maximum Gasteiger partial charge on any atom is 0.419 e. The van der Waals surface area contributed by atoms with Crippen LogP contribution in [0.2, 0.25) is 0 Å². The number of nitrogens with one attached hydrogen (secondary N) is 2. The zero-order valence-electron chi connectivity index (χ0n) is 20.2. The molecular formula is C25H26F6N4O2. The maximum absolute atomic E-state index is 14.6. The van der Waals surface area contributed by atoms with Gasteiger partial charge in [0.25, 0.3) is 17.4 Å². The van der Waals surface area contributed by atoms with Crippen LogP contribution in [0, 0.1) is 23.6 Å². The Balaban J connectivity index is 1.45. The largest absolute Gasteiger partial charge is 0.419 e. The lowest BCUT2D eigenvalue weighted by molar-refractivity contribution is -0.140. The molecule has 12 heteroatoms. The smallest absolute Gasteiger partial charge is 0.381 e. The van der Waals surface area contributed by atoms with E-state index in [1.54, 1.807) is 0 Å². The van der Waals surface area contributed by atoms with Crippen molar-refractivity contribution >= 4 is 11.6 Å². The van der Waals surface area contributed by atoms with Crippen LogP contribution in [0.25, 0.3) is 0 Å². The Kier molecular flexibility index (Phi) is 5.89. The number of nitrogens with zero attached hydrogens (tertiary/aromatic N) is 2. The molecule has 2 saturated carbocycles. The molecule has 2 N–H and O–H groups in total. The quantitative estimate of drug-likeness (QED) is 0.549. The first-order valence-corrected chi connectivity index (χ1v) is 12.0. The van der Waals surface area contributed by atoms with Gasteiger partial charge >= 0.3 is 6.18 Å². The third-order valence-electron chi connectivity index (χ3n) is 7.84. The summed E-state index contributed by atoms with van der Waals surface area (Å²) in [6, 6.07) is 1.28. The number of rotatable bonds is 6. The van der Waals surface area contributed by atoms with E-state index in [0.717, 1.165) is 42.1 Å². The molecule has 0 radical (unpaired) electrons. The molecule has 6 nitrogen and oxygen atoms in total. The molecule has 0 spiro atoms. The van der Waals surface area contributed by atoms with Gasteiger partial charge in [0.05, 0.1) is 22.9 Å². The van der Waals surface area contributed by atoms with E-state index in [4.69, 9.17) is 0 Å². The summed E-state index contributed by atoms with van der Waals surface area (Å²) in [5.41, 5.74) is -2.51. The number of carbonyl (C=O) groups is 1. The number of hydrogen-bond acceptors (Lipinski definition) is 4. The number of piperidine rings is 1. The summed E-state index contributed by atoms with van der Waals surface area (Å²) in [7, 11) is 1.98. The van der Waals surface area contributed by atoms with E-state index in [-0.39, 0.29) is 22.9 Å². The van der Waals surface area contributed by atoms with E-state index in [9.17, 15) is 35.9 Å². The Labute approximate surface area is 208 Å². The number of benzene rings is 1. The van der Waals surface area contributed by atoms with E-state index in [0.29, 0.717) is 17.9 Å². The standard InChI is InChI=1S/C25H26F6N4O2/c1-11-22(24(11,27)28)35-10-16(18(7-19(35)36)33-21-14-8-34(3)9-15(14)21)23(37)32-12(2)13-5-4-6-17(20(13)26)25(29,30)31/h4-7,10-12,14-15,21-22,33H,8-9H2,1-3H3,(H,32,37)/t11-,12+,14-,15+,21?,22-/m0/s1. The number of hydrogen-bond donors (Lipinski definition) is 2. The van der Waals surface area contributed by atoms with Crippen molar-refractivity contribution in [3.05, 3.63) is 63.3 Å². The number of aromatic nitrogens is 1. The minimum atomic E-state index is -4.92. The fourth-order valence-electron chi connectivity index (χ4n) is 5.54. The number of anilines is 1. The molecule has 1 aromatic carbocycles. The summed E-state index contributed by atoms with van der Waals surface area (Å²) in [4.78, 5) is 28.2. The van der Waals surface area contributed by atoms with Crippen molar-refractivity contribution in [3.8, 4) is 0 Å². The van der Waals surface area contributed by atoms with Gasteiger partial charge in [0.15, 0.2) is 0 Å². The first-order valence-electron chi connectivity index (χ1n) is 12.0. The van der Waals surface area contributed by atoms with Gasteiger partial charge in [0.2, 0.25) is 0 Å². The van der Waals surface area contributed by atoms with Gasteiger partial charge < -0.3 is 20.1 Å². The highest BCUT2D eigenvalue weighted by atomic mass is 19.4. The normalized spacial score (nSPS) is 28.9. The van der Waals surface area contributed by atoms with Crippen molar-refractivity contribution in [2.75, 3.05) is 25.5 Å². The molecule has 3 fully saturated rings. The van der Waals surface area contributed by atoms with Crippen molar-refractivity contribution in [2.45, 2.75) is 44.1 Å². The van der Waals surface area contributed by atoms with Crippen LogP contribution >= 0.6 is 0 Å². The highest BCUT2D eigenvalue weighted by Crippen LogP contribution is 2.58. The van der Waals surface area contributed by atoms with Gasteiger partial charge in [-0.25, -0.2) is 13.2 Å². The van der Waals surface area contributed by atoms with Crippen LogP contribution in [-0.4, -0.2) is 47.5 Å². The Bertz CT molecular complexity index is 1300. The summed E-state index contributed by atoms with van der Waals surface area (Å²) in [6.45, 7) is 4.28. The van der Waals surface area contributed by atoms with Crippen LogP contribution in [0.1, 0.15) is 47.4 Å². The minimum absolute atomic E-state index is 0.00220. The summed E-state index contributed by atoms with van der Waals surface area (Å²) in [6.07, 6.45) is -3.86. The zero-order valence-corrected chi connectivity index (χ0v) is 20.2. The van der Waals surface area contributed by atoms with Crippen LogP contribution in [0.5, 0.6) is 0 Å². The van der Waals surface area contributed by atoms with Gasteiger partial charge in [-0.3, -0.25) is 9.59 Å². The lowest BCUT2D eigenvalue weighted by atomic mass is 10.0. The number of likely N-dealkylation sites (tertiary alicyclic amines) is 1. The Morgan fingerprint density at radius 1 is 1.19 bits per heavy atom. The molecule has 5 rings (SSSR count). The summed E-state index contributed by atoms with van der Waals surface area (Å²) in [5.74, 6) is -5.92. The Morgan fingerprint density at radius 3 is 2.38 bits per heavy atom. The third-order valence-corrected chi connectivity index (χ3v) is 7.84. The van der Waals surface area contributed by atoms with Crippen molar-refractivity contribution in [1.82, 2.24) is 14.8 Å². The molecular weight excluding hydrogens is 502 g/mol. The van der Waals surface area contributed by atoms with Crippen LogP contribution in [0.3, 0.4) is 0 Å². The Morgan fingerprint density at radius 2 is 1.81 bits per heavy atom. The SMILES string of the molecule is C[C@@H](NC(=O)c1cn([C@H]2[C@H](C)C2(F)F)c(=O)cc1NC1[C@H]2CN(C)C[C@@H]12)c1cccc(C(F)(F)F)c1F. The first-order chi connectivity index (χ1) is 17.2. The second-order valence-electron chi connectivity index (χ2n) is 10.4. The molecule has 1 amide bonds. The topological polar surface area (TPSA) is 66.4 Å².